The number of ketones is 1. The van der Waals surface area contributed by atoms with Crippen molar-refractivity contribution in [3.8, 4) is 0 Å². The first kappa shape index (κ1) is 15.3. The van der Waals surface area contributed by atoms with Gasteiger partial charge in [-0.3, -0.25) is 9.69 Å². The Kier molecular flexibility index (Phi) is 4.71. The molecule has 3 rings (SSSR count). The monoisotopic (exact) mass is 309 g/mol. The van der Waals surface area contributed by atoms with Gasteiger partial charge in [-0.15, -0.1) is 0 Å². The molecule has 1 fully saturated rings. The number of Topliss-reactive ketones (excluding diaryl/α,β-unsaturated/α-hetero) is 1. The van der Waals surface area contributed by atoms with Gasteiger partial charge in [0, 0.05) is 19.4 Å². The van der Waals surface area contributed by atoms with Crippen molar-refractivity contribution in [1.29, 1.82) is 0 Å². The summed E-state index contributed by atoms with van der Waals surface area (Å²) in [6.45, 7) is 0.659. The fourth-order valence-corrected chi connectivity index (χ4v) is 2.81. The topological polar surface area (TPSA) is 46.6 Å². The maximum atomic E-state index is 12.3. The summed E-state index contributed by atoms with van der Waals surface area (Å²) in [7, 11) is 0. The number of ether oxygens (including phenoxy) is 1. The fraction of sp³-hybridized carbons (Fsp3) is 0.263. The van der Waals surface area contributed by atoms with E-state index in [4.69, 9.17) is 4.74 Å². The van der Waals surface area contributed by atoms with Crippen LogP contribution in [0, 0.1) is 0 Å². The predicted octanol–water partition coefficient (Wildman–Crippen LogP) is 3.21. The first-order chi connectivity index (χ1) is 11.2. The van der Waals surface area contributed by atoms with Gasteiger partial charge in [-0.25, -0.2) is 4.79 Å². The molecule has 0 saturated carbocycles. The Labute approximate surface area is 135 Å². The Bertz CT molecular complexity index is 670. The average molecular weight is 309 g/mol. The number of amides is 1. The summed E-state index contributed by atoms with van der Waals surface area (Å²) in [5.41, 5.74) is 1.99. The number of benzene rings is 2. The molecule has 0 aliphatic carbocycles. The lowest BCUT2D eigenvalue weighted by atomic mass is 10.0. The van der Waals surface area contributed by atoms with Crippen LogP contribution in [-0.4, -0.2) is 29.4 Å². The van der Waals surface area contributed by atoms with E-state index in [-0.39, 0.29) is 12.4 Å². The Morgan fingerprint density at radius 1 is 1.00 bits per heavy atom. The summed E-state index contributed by atoms with van der Waals surface area (Å²) in [6.07, 6.45) is 0.526. The van der Waals surface area contributed by atoms with Crippen molar-refractivity contribution in [2.75, 3.05) is 6.54 Å². The summed E-state index contributed by atoms with van der Waals surface area (Å²) in [4.78, 5) is 26.0. The molecule has 0 aromatic heterocycles. The molecule has 4 heteroatoms. The largest absolute Gasteiger partial charge is 0.445 e. The summed E-state index contributed by atoms with van der Waals surface area (Å²) in [5, 5.41) is 0. The minimum absolute atomic E-state index is 0.102. The molecule has 23 heavy (non-hydrogen) atoms. The van der Waals surface area contributed by atoms with Crippen molar-refractivity contribution in [3.05, 3.63) is 71.8 Å². The minimum Gasteiger partial charge on any atom is -0.445 e. The standard InChI is InChI=1S/C19H19NO3/c21-18-11-12-20(17(18)13-15-7-3-1-4-8-15)19(22)23-14-16-9-5-2-6-10-16/h1-10,17H,11-14H2. The van der Waals surface area contributed by atoms with Gasteiger partial charge in [-0.1, -0.05) is 60.7 Å². The van der Waals surface area contributed by atoms with E-state index < -0.39 is 12.1 Å². The maximum Gasteiger partial charge on any atom is 0.410 e. The molecule has 1 unspecified atom stereocenters. The van der Waals surface area contributed by atoms with E-state index in [1.54, 1.807) is 4.90 Å². The molecule has 0 radical (unpaired) electrons. The smallest absolute Gasteiger partial charge is 0.410 e. The van der Waals surface area contributed by atoms with Gasteiger partial charge in [0.2, 0.25) is 0 Å². The Morgan fingerprint density at radius 3 is 2.26 bits per heavy atom. The molecule has 118 valence electrons. The van der Waals surface area contributed by atoms with Gasteiger partial charge in [0.1, 0.15) is 6.61 Å². The van der Waals surface area contributed by atoms with Crippen LogP contribution in [0.1, 0.15) is 17.5 Å². The van der Waals surface area contributed by atoms with Gasteiger partial charge < -0.3 is 4.74 Å². The number of likely N-dealkylation sites (tertiary alicyclic amines) is 1. The number of carbonyl (C=O) groups excluding carboxylic acids is 2. The zero-order chi connectivity index (χ0) is 16.1. The third kappa shape index (κ3) is 3.77. The molecule has 1 heterocycles. The van der Waals surface area contributed by atoms with E-state index in [1.165, 1.54) is 0 Å². The van der Waals surface area contributed by atoms with Crippen LogP contribution >= 0.6 is 0 Å². The molecule has 2 aromatic carbocycles. The minimum atomic E-state index is -0.416. The highest BCUT2D eigenvalue weighted by molar-refractivity contribution is 5.90. The Morgan fingerprint density at radius 2 is 1.61 bits per heavy atom. The average Bonchev–Trinajstić information content (AvgIpc) is 2.95. The van der Waals surface area contributed by atoms with Crippen LogP contribution in [0.4, 0.5) is 4.79 Å². The number of rotatable bonds is 4. The predicted molar refractivity (Wildman–Crippen MR) is 86.9 cm³/mol. The molecule has 1 amide bonds. The van der Waals surface area contributed by atoms with Gasteiger partial charge in [0.25, 0.3) is 0 Å². The molecule has 4 nitrogen and oxygen atoms in total. The van der Waals surface area contributed by atoms with Gasteiger partial charge in [-0.2, -0.15) is 0 Å². The van der Waals surface area contributed by atoms with E-state index in [9.17, 15) is 9.59 Å². The van der Waals surface area contributed by atoms with E-state index in [0.717, 1.165) is 11.1 Å². The van der Waals surface area contributed by atoms with E-state index in [2.05, 4.69) is 0 Å². The van der Waals surface area contributed by atoms with Crippen LogP contribution in [-0.2, 0) is 22.6 Å². The first-order valence-electron chi connectivity index (χ1n) is 7.78. The molecule has 1 aliphatic rings. The third-order valence-corrected chi connectivity index (χ3v) is 4.06. The van der Waals surface area contributed by atoms with Crippen molar-refractivity contribution in [2.24, 2.45) is 0 Å². The molecule has 2 aromatic rings. The van der Waals surface area contributed by atoms with Crippen LogP contribution in [0.2, 0.25) is 0 Å². The van der Waals surface area contributed by atoms with Crippen molar-refractivity contribution >= 4 is 11.9 Å². The lowest BCUT2D eigenvalue weighted by Crippen LogP contribution is -2.39. The zero-order valence-electron chi connectivity index (χ0n) is 12.9. The summed E-state index contributed by atoms with van der Waals surface area (Å²) in [5.74, 6) is 0.102. The summed E-state index contributed by atoms with van der Waals surface area (Å²) in [6, 6.07) is 18.9. The van der Waals surface area contributed by atoms with Gasteiger partial charge in [-0.05, 0) is 11.1 Å². The van der Waals surface area contributed by atoms with Crippen molar-refractivity contribution in [3.63, 3.8) is 0 Å². The van der Waals surface area contributed by atoms with E-state index >= 15 is 0 Å². The SMILES string of the molecule is O=C1CCN(C(=O)OCc2ccccc2)C1Cc1ccccc1. The van der Waals surface area contributed by atoms with E-state index in [0.29, 0.717) is 19.4 Å². The highest BCUT2D eigenvalue weighted by atomic mass is 16.6. The Balaban J connectivity index is 1.63. The van der Waals surface area contributed by atoms with Crippen LogP contribution < -0.4 is 0 Å². The molecule has 0 spiro atoms. The van der Waals surface area contributed by atoms with Crippen LogP contribution in [0.3, 0.4) is 0 Å². The fourth-order valence-electron chi connectivity index (χ4n) is 2.81. The van der Waals surface area contributed by atoms with Gasteiger partial charge in [0.15, 0.2) is 5.78 Å². The lowest BCUT2D eigenvalue weighted by Gasteiger charge is -2.23. The normalized spacial score (nSPS) is 17.3. The Hall–Kier alpha value is -2.62. The molecule has 1 aliphatic heterocycles. The third-order valence-electron chi connectivity index (χ3n) is 4.06. The molecular formula is C19H19NO3. The quantitative estimate of drug-likeness (QED) is 0.871. The number of nitrogens with zero attached hydrogens (tertiary/aromatic N) is 1. The molecule has 0 bridgehead atoms. The van der Waals surface area contributed by atoms with Crippen molar-refractivity contribution < 1.29 is 14.3 Å². The van der Waals surface area contributed by atoms with Crippen LogP contribution in [0.5, 0.6) is 0 Å². The lowest BCUT2D eigenvalue weighted by molar-refractivity contribution is -0.119. The second-order valence-corrected chi connectivity index (χ2v) is 5.66. The molecule has 1 atom stereocenters. The number of hydrogen-bond donors (Lipinski definition) is 0. The van der Waals surface area contributed by atoms with Crippen molar-refractivity contribution in [1.82, 2.24) is 4.90 Å². The van der Waals surface area contributed by atoms with E-state index in [1.807, 2.05) is 60.7 Å². The summed E-state index contributed by atoms with van der Waals surface area (Å²) < 4.78 is 5.36. The van der Waals surface area contributed by atoms with Crippen LogP contribution in [0.15, 0.2) is 60.7 Å². The van der Waals surface area contributed by atoms with Gasteiger partial charge in [0.05, 0.1) is 6.04 Å². The number of hydrogen-bond acceptors (Lipinski definition) is 3. The zero-order valence-corrected chi connectivity index (χ0v) is 12.9. The molecular weight excluding hydrogens is 290 g/mol. The highest BCUT2D eigenvalue weighted by Gasteiger charge is 2.36. The second kappa shape index (κ2) is 7.09. The highest BCUT2D eigenvalue weighted by Crippen LogP contribution is 2.20. The second-order valence-electron chi connectivity index (χ2n) is 5.66. The number of carbonyl (C=O) groups is 2. The van der Waals surface area contributed by atoms with Crippen LogP contribution in [0.25, 0.3) is 0 Å². The molecule has 0 N–H and O–H groups in total. The summed E-state index contributed by atoms with van der Waals surface area (Å²) >= 11 is 0. The first-order valence-corrected chi connectivity index (χ1v) is 7.78. The molecule has 1 saturated heterocycles. The van der Waals surface area contributed by atoms with Gasteiger partial charge >= 0.3 is 6.09 Å². The maximum absolute atomic E-state index is 12.3. The van der Waals surface area contributed by atoms with Crippen molar-refractivity contribution in [2.45, 2.75) is 25.5 Å².